The van der Waals surface area contributed by atoms with Gasteiger partial charge in [0.1, 0.15) is 4.88 Å². The summed E-state index contributed by atoms with van der Waals surface area (Å²) in [4.78, 5) is 28.6. The quantitative estimate of drug-likeness (QED) is 0.417. The molecule has 4 fully saturated rings. The summed E-state index contributed by atoms with van der Waals surface area (Å²) in [6, 6.07) is 1.85. The molecule has 2 aliphatic heterocycles. The van der Waals surface area contributed by atoms with Crippen molar-refractivity contribution < 1.29 is 28.9 Å². The van der Waals surface area contributed by atoms with Gasteiger partial charge in [-0.1, -0.05) is 31.1 Å². The zero-order chi connectivity index (χ0) is 27.8. The Morgan fingerprint density at radius 3 is 2.46 bits per heavy atom. The molecule has 214 valence electrons. The number of hydrogen-bond acceptors (Lipinski definition) is 6. The van der Waals surface area contributed by atoms with Gasteiger partial charge in [0.2, 0.25) is 5.91 Å². The predicted octanol–water partition coefficient (Wildman–Crippen LogP) is 6.24. The molecule has 1 aromatic rings. The van der Waals surface area contributed by atoms with Crippen LogP contribution in [0.3, 0.4) is 0 Å². The summed E-state index contributed by atoms with van der Waals surface area (Å²) in [5.74, 6) is 5.95. The van der Waals surface area contributed by atoms with E-state index in [9.17, 15) is 14.7 Å². The Kier molecular flexibility index (Phi) is 8.45. The Morgan fingerprint density at radius 2 is 1.82 bits per heavy atom. The van der Waals surface area contributed by atoms with Crippen LogP contribution in [0.2, 0.25) is 0 Å². The van der Waals surface area contributed by atoms with Gasteiger partial charge in [0.15, 0.2) is 6.29 Å². The Hall–Kier alpha value is -1.92. The van der Waals surface area contributed by atoms with Crippen molar-refractivity contribution in [2.75, 3.05) is 18.1 Å². The molecule has 0 spiro atoms. The summed E-state index contributed by atoms with van der Waals surface area (Å²) in [5, 5.41) is 10.2. The molecule has 2 aliphatic carbocycles. The first-order chi connectivity index (χ1) is 18.6. The van der Waals surface area contributed by atoms with Crippen molar-refractivity contribution in [2.24, 2.45) is 17.3 Å². The van der Waals surface area contributed by atoms with Crippen LogP contribution in [0.25, 0.3) is 0 Å². The molecule has 2 saturated heterocycles. The van der Waals surface area contributed by atoms with Gasteiger partial charge in [-0.25, -0.2) is 4.79 Å². The van der Waals surface area contributed by atoms with E-state index >= 15 is 0 Å². The van der Waals surface area contributed by atoms with Crippen LogP contribution < -0.4 is 4.90 Å². The van der Waals surface area contributed by atoms with Gasteiger partial charge in [-0.15, -0.1) is 11.3 Å². The van der Waals surface area contributed by atoms with Crippen molar-refractivity contribution in [3.8, 4) is 11.8 Å². The minimum Gasteiger partial charge on any atom is -0.477 e. The van der Waals surface area contributed by atoms with Crippen LogP contribution in [0.5, 0.6) is 0 Å². The fourth-order valence-corrected chi connectivity index (χ4v) is 8.10. The van der Waals surface area contributed by atoms with E-state index in [4.69, 9.17) is 14.2 Å². The largest absolute Gasteiger partial charge is 0.477 e. The third kappa shape index (κ3) is 6.07. The minimum atomic E-state index is -0.999. The average molecular weight is 558 g/mol. The molecule has 0 radical (unpaired) electrons. The average Bonchev–Trinajstić information content (AvgIpc) is 3.61. The second kappa shape index (κ2) is 11.5. The van der Waals surface area contributed by atoms with E-state index in [2.05, 4.69) is 11.8 Å². The lowest BCUT2D eigenvalue weighted by Crippen LogP contribution is -2.58. The number of thiophene rings is 1. The maximum Gasteiger partial charge on any atom is 0.348 e. The van der Waals surface area contributed by atoms with E-state index in [0.29, 0.717) is 29.0 Å². The van der Waals surface area contributed by atoms with Gasteiger partial charge >= 0.3 is 5.97 Å². The van der Waals surface area contributed by atoms with Crippen molar-refractivity contribution in [1.82, 2.24) is 0 Å². The van der Waals surface area contributed by atoms with E-state index < -0.39 is 5.97 Å². The first-order valence-electron chi connectivity index (χ1n) is 14.7. The van der Waals surface area contributed by atoms with Crippen molar-refractivity contribution in [1.29, 1.82) is 0 Å². The maximum absolute atomic E-state index is 13.4. The van der Waals surface area contributed by atoms with E-state index in [-0.39, 0.29) is 40.2 Å². The van der Waals surface area contributed by atoms with Crippen LogP contribution in [0.15, 0.2) is 6.07 Å². The number of carboxylic acid groups (broad SMARTS) is 1. The van der Waals surface area contributed by atoms with E-state index in [0.717, 1.165) is 70.8 Å². The first kappa shape index (κ1) is 28.6. The Labute approximate surface area is 236 Å². The Balaban J connectivity index is 1.39. The molecule has 1 N–H and O–H groups in total. The van der Waals surface area contributed by atoms with Crippen LogP contribution in [0.4, 0.5) is 5.69 Å². The standard InChI is InChI=1S/C31H43NO6S/c1-20(33)32(25-18-23(12-16-30(2,3)4)39-27(25)28(34)35)31(14-6-5-7-15-31)21-8-10-22(11-9-21)38-26-19-37-29-24(26)13-17-36-29/h18,21-22,24,26,29H,5-11,13-15,17,19H2,1-4H3,(H,34,35). The summed E-state index contributed by atoms with van der Waals surface area (Å²) in [6.07, 6.45) is 10.1. The molecule has 7 nitrogen and oxygen atoms in total. The van der Waals surface area contributed by atoms with E-state index in [1.54, 1.807) is 6.92 Å². The SMILES string of the molecule is CC(=O)N(c1cc(C#CC(C)(C)C)sc1C(=O)O)C1(C2CCC(OC3COC4OCCC34)CC2)CCCCC1. The van der Waals surface area contributed by atoms with Crippen LogP contribution in [-0.4, -0.2) is 54.2 Å². The lowest BCUT2D eigenvalue weighted by atomic mass is 9.65. The zero-order valence-corrected chi connectivity index (χ0v) is 24.6. The Morgan fingerprint density at radius 1 is 1.10 bits per heavy atom. The molecule has 0 bridgehead atoms. The van der Waals surface area contributed by atoms with Gasteiger partial charge in [-0.2, -0.15) is 0 Å². The van der Waals surface area contributed by atoms with Gasteiger partial charge in [-0.05, 0) is 77.7 Å². The van der Waals surface area contributed by atoms with Crippen LogP contribution in [-0.2, 0) is 19.0 Å². The molecule has 2 saturated carbocycles. The number of anilines is 1. The molecule has 0 aromatic carbocycles. The van der Waals surface area contributed by atoms with E-state index in [1.165, 1.54) is 11.3 Å². The lowest BCUT2D eigenvalue weighted by molar-refractivity contribution is -0.119. The number of fused-ring (bicyclic) bond motifs is 1. The number of carbonyl (C=O) groups excluding carboxylic acids is 1. The number of nitrogens with zero attached hydrogens (tertiary/aromatic N) is 1. The molecule has 5 rings (SSSR count). The lowest BCUT2D eigenvalue weighted by Gasteiger charge is -2.52. The summed E-state index contributed by atoms with van der Waals surface area (Å²) in [7, 11) is 0. The highest BCUT2D eigenvalue weighted by Crippen LogP contribution is 2.49. The fourth-order valence-electron chi connectivity index (χ4n) is 7.26. The molecule has 1 amide bonds. The highest BCUT2D eigenvalue weighted by Gasteiger charge is 2.49. The summed E-state index contributed by atoms with van der Waals surface area (Å²) in [5.41, 5.74) is -0.0559. The molecule has 3 heterocycles. The van der Waals surface area contributed by atoms with Crippen LogP contribution in [0, 0.1) is 29.1 Å². The summed E-state index contributed by atoms with van der Waals surface area (Å²) < 4.78 is 18.0. The number of hydrogen-bond donors (Lipinski definition) is 1. The maximum atomic E-state index is 13.4. The number of carboxylic acids is 1. The Bertz CT molecular complexity index is 1110. The highest BCUT2D eigenvalue weighted by atomic mass is 32.1. The molecular formula is C31H43NO6S. The van der Waals surface area contributed by atoms with Gasteiger partial charge in [0, 0.05) is 18.3 Å². The highest BCUT2D eigenvalue weighted by molar-refractivity contribution is 7.15. The van der Waals surface area contributed by atoms with Crippen LogP contribution in [0.1, 0.15) is 106 Å². The second-order valence-electron chi connectivity index (χ2n) is 12.8. The zero-order valence-electron chi connectivity index (χ0n) is 23.8. The molecular weight excluding hydrogens is 514 g/mol. The summed E-state index contributed by atoms with van der Waals surface area (Å²) >= 11 is 1.18. The van der Waals surface area contributed by atoms with Gasteiger partial charge in [0.25, 0.3) is 0 Å². The van der Waals surface area contributed by atoms with Crippen molar-refractivity contribution in [3.63, 3.8) is 0 Å². The van der Waals surface area contributed by atoms with Crippen molar-refractivity contribution in [3.05, 3.63) is 15.8 Å². The number of aromatic carboxylic acids is 1. The summed E-state index contributed by atoms with van der Waals surface area (Å²) in [6.45, 7) is 9.04. The molecule has 1 aromatic heterocycles. The molecule has 39 heavy (non-hydrogen) atoms. The monoisotopic (exact) mass is 557 g/mol. The van der Waals surface area contributed by atoms with Crippen LogP contribution >= 0.6 is 11.3 Å². The van der Waals surface area contributed by atoms with Gasteiger partial charge in [-0.3, -0.25) is 4.79 Å². The number of ether oxygens (including phenoxy) is 3. The molecule has 4 aliphatic rings. The van der Waals surface area contributed by atoms with Gasteiger partial charge < -0.3 is 24.2 Å². The third-order valence-electron chi connectivity index (χ3n) is 8.97. The molecule has 3 atom stereocenters. The number of carbonyl (C=O) groups is 2. The van der Waals surface area contributed by atoms with Gasteiger partial charge in [0.05, 0.1) is 41.5 Å². The topological polar surface area (TPSA) is 85.3 Å². The minimum absolute atomic E-state index is 0.0821. The molecule has 3 unspecified atom stereocenters. The number of rotatable bonds is 6. The predicted molar refractivity (Wildman–Crippen MR) is 151 cm³/mol. The van der Waals surface area contributed by atoms with E-state index in [1.807, 2.05) is 31.7 Å². The normalized spacial score (nSPS) is 30.3. The fraction of sp³-hybridized carbons (Fsp3) is 0.742. The first-order valence-corrected chi connectivity index (χ1v) is 15.5. The van der Waals surface area contributed by atoms with Crippen molar-refractivity contribution >= 4 is 28.9 Å². The third-order valence-corrected chi connectivity index (χ3v) is 10.0. The van der Waals surface area contributed by atoms with Crippen molar-refractivity contribution in [2.45, 2.75) is 116 Å². The second-order valence-corrected chi connectivity index (χ2v) is 13.9. The smallest absolute Gasteiger partial charge is 0.348 e. The number of amides is 1. The molecule has 8 heteroatoms.